The molecule has 0 bridgehead atoms. The lowest BCUT2D eigenvalue weighted by Gasteiger charge is -2.17. The van der Waals surface area contributed by atoms with Crippen molar-refractivity contribution < 1.29 is 28.5 Å². The molecule has 0 aliphatic heterocycles. The summed E-state index contributed by atoms with van der Waals surface area (Å²) in [5.41, 5.74) is 2.08. The molecule has 0 saturated heterocycles. The predicted molar refractivity (Wildman–Crippen MR) is 131 cm³/mol. The first-order valence-electron chi connectivity index (χ1n) is 10.3. The van der Waals surface area contributed by atoms with E-state index in [1.807, 2.05) is 23.6 Å². The second kappa shape index (κ2) is 10.9. The summed E-state index contributed by atoms with van der Waals surface area (Å²) in [6.07, 6.45) is 0.0354. The van der Waals surface area contributed by atoms with Crippen LogP contribution < -0.4 is 24.3 Å². The number of amides is 2. The summed E-state index contributed by atoms with van der Waals surface area (Å²) in [5.74, 6) is 1.42. The summed E-state index contributed by atoms with van der Waals surface area (Å²) in [5, 5.41) is 5.38. The first kappa shape index (κ1) is 24.8. The Balaban J connectivity index is 1.82. The number of hydrogen-bond donors (Lipinski definition) is 1. The number of thiazole rings is 1. The number of carbonyl (C=O) groups excluding carboxylic acids is 2. The van der Waals surface area contributed by atoms with Gasteiger partial charge in [0, 0.05) is 31.1 Å². The molecule has 3 aromatic rings. The van der Waals surface area contributed by atoms with Crippen molar-refractivity contribution in [3.63, 3.8) is 0 Å². The zero-order chi connectivity index (χ0) is 24.8. The molecular formula is C24H27N3O6S. The number of methoxy groups -OCH3 is 4. The Morgan fingerprint density at radius 2 is 1.53 bits per heavy atom. The number of benzene rings is 2. The summed E-state index contributed by atoms with van der Waals surface area (Å²) in [6, 6.07) is 8.65. The molecule has 180 valence electrons. The molecule has 1 aromatic heterocycles. The minimum atomic E-state index is -0.316. The normalized spacial score (nSPS) is 10.4. The van der Waals surface area contributed by atoms with Gasteiger partial charge in [-0.2, -0.15) is 0 Å². The molecule has 1 N–H and O–H groups in total. The van der Waals surface area contributed by atoms with Crippen molar-refractivity contribution in [2.45, 2.75) is 6.42 Å². The van der Waals surface area contributed by atoms with Gasteiger partial charge in [-0.1, -0.05) is 0 Å². The summed E-state index contributed by atoms with van der Waals surface area (Å²) < 4.78 is 21.3. The van der Waals surface area contributed by atoms with Crippen molar-refractivity contribution in [1.29, 1.82) is 0 Å². The highest BCUT2D eigenvalue weighted by Gasteiger charge is 2.20. The number of carbonyl (C=O) groups is 2. The summed E-state index contributed by atoms with van der Waals surface area (Å²) in [6.45, 7) is 0. The van der Waals surface area contributed by atoms with E-state index in [1.165, 1.54) is 30.5 Å². The van der Waals surface area contributed by atoms with Crippen LogP contribution in [0.3, 0.4) is 0 Å². The predicted octanol–water partition coefficient (Wildman–Crippen LogP) is 3.73. The third-order valence-corrected chi connectivity index (χ3v) is 5.90. The van der Waals surface area contributed by atoms with Crippen LogP contribution in [-0.2, 0) is 11.2 Å². The fraction of sp³-hybridized carbons (Fsp3) is 0.292. The number of ether oxygens (including phenoxy) is 4. The zero-order valence-corrected chi connectivity index (χ0v) is 20.7. The average molecular weight is 486 g/mol. The first-order chi connectivity index (χ1) is 16.3. The van der Waals surface area contributed by atoms with Crippen molar-refractivity contribution in [2.75, 3.05) is 47.9 Å². The Bertz CT molecular complexity index is 1190. The number of nitrogens with one attached hydrogen (secondary N) is 1. The van der Waals surface area contributed by atoms with Gasteiger partial charge in [0.1, 0.15) is 5.01 Å². The lowest BCUT2D eigenvalue weighted by molar-refractivity contribution is -0.115. The quantitative estimate of drug-likeness (QED) is 0.493. The van der Waals surface area contributed by atoms with Crippen LogP contribution >= 0.6 is 11.3 Å². The average Bonchev–Trinajstić information content (AvgIpc) is 3.30. The molecule has 0 fully saturated rings. The molecule has 1 heterocycles. The van der Waals surface area contributed by atoms with Crippen LogP contribution in [0.25, 0.3) is 10.6 Å². The van der Waals surface area contributed by atoms with E-state index in [0.717, 1.165) is 10.6 Å². The minimum absolute atomic E-state index is 0.0354. The smallest absolute Gasteiger partial charge is 0.255 e. The lowest BCUT2D eigenvalue weighted by atomic mass is 10.1. The van der Waals surface area contributed by atoms with Gasteiger partial charge in [-0.3, -0.25) is 9.59 Å². The van der Waals surface area contributed by atoms with E-state index >= 15 is 0 Å². The van der Waals surface area contributed by atoms with E-state index in [4.69, 9.17) is 18.9 Å². The largest absolute Gasteiger partial charge is 0.493 e. The molecule has 0 unspecified atom stereocenters. The Labute approximate surface area is 202 Å². The summed E-state index contributed by atoms with van der Waals surface area (Å²) >= 11 is 1.42. The minimum Gasteiger partial charge on any atom is -0.493 e. The Hall–Kier alpha value is -3.79. The van der Waals surface area contributed by atoms with Gasteiger partial charge < -0.3 is 29.2 Å². The molecule has 10 heteroatoms. The Morgan fingerprint density at radius 3 is 2.15 bits per heavy atom. The molecule has 0 aliphatic rings. The van der Waals surface area contributed by atoms with Gasteiger partial charge in [0.05, 0.1) is 51.8 Å². The van der Waals surface area contributed by atoms with Crippen molar-refractivity contribution in [1.82, 2.24) is 9.88 Å². The maximum absolute atomic E-state index is 12.8. The van der Waals surface area contributed by atoms with E-state index in [9.17, 15) is 9.59 Å². The standard InChI is InChI=1S/C24H27N3O6S/c1-27(2)24(29)16-11-20(32-5)21(33-6)12-17(16)26-22(28)10-15-13-34-23(25-15)14-7-8-18(30-3)19(9-14)31-4/h7-9,11-13H,10H2,1-6H3,(H,26,28). The van der Waals surface area contributed by atoms with Crippen LogP contribution in [0.15, 0.2) is 35.7 Å². The monoisotopic (exact) mass is 485 g/mol. The van der Waals surface area contributed by atoms with E-state index in [-0.39, 0.29) is 18.2 Å². The van der Waals surface area contributed by atoms with Crippen LogP contribution in [0.2, 0.25) is 0 Å². The molecule has 0 spiro atoms. The van der Waals surface area contributed by atoms with Crippen LogP contribution in [0.4, 0.5) is 5.69 Å². The number of aromatic nitrogens is 1. The van der Waals surface area contributed by atoms with Gasteiger partial charge in [-0.05, 0) is 24.3 Å². The van der Waals surface area contributed by atoms with Gasteiger partial charge in [-0.25, -0.2) is 4.98 Å². The number of hydrogen-bond acceptors (Lipinski definition) is 8. The fourth-order valence-corrected chi connectivity index (χ4v) is 4.07. The van der Waals surface area contributed by atoms with E-state index in [0.29, 0.717) is 39.9 Å². The number of rotatable bonds is 9. The molecule has 0 aliphatic carbocycles. The molecular weight excluding hydrogens is 458 g/mol. The third kappa shape index (κ3) is 5.40. The lowest BCUT2D eigenvalue weighted by Crippen LogP contribution is -2.24. The van der Waals surface area contributed by atoms with Crippen LogP contribution in [0.1, 0.15) is 16.1 Å². The van der Waals surface area contributed by atoms with Gasteiger partial charge in [0.15, 0.2) is 23.0 Å². The molecule has 0 saturated carbocycles. The number of nitrogens with zero attached hydrogens (tertiary/aromatic N) is 2. The first-order valence-corrected chi connectivity index (χ1v) is 11.1. The van der Waals surface area contributed by atoms with E-state index in [2.05, 4.69) is 10.3 Å². The van der Waals surface area contributed by atoms with E-state index < -0.39 is 0 Å². The number of anilines is 1. The van der Waals surface area contributed by atoms with E-state index in [1.54, 1.807) is 40.4 Å². The third-order valence-electron chi connectivity index (χ3n) is 4.96. The SMILES string of the molecule is COc1ccc(-c2nc(CC(=O)Nc3cc(OC)c(OC)cc3C(=O)N(C)C)cs2)cc1OC. The highest BCUT2D eigenvalue weighted by atomic mass is 32.1. The zero-order valence-electron chi connectivity index (χ0n) is 19.9. The molecule has 34 heavy (non-hydrogen) atoms. The summed E-state index contributed by atoms with van der Waals surface area (Å²) in [4.78, 5) is 31.5. The maximum atomic E-state index is 12.8. The Kier molecular flexibility index (Phi) is 7.95. The summed E-state index contributed by atoms with van der Waals surface area (Å²) in [7, 11) is 9.39. The molecule has 9 nitrogen and oxygen atoms in total. The fourth-order valence-electron chi connectivity index (χ4n) is 3.25. The molecule has 0 radical (unpaired) electrons. The van der Waals surface area contributed by atoms with Crippen LogP contribution in [0, 0.1) is 0 Å². The topological polar surface area (TPSA) is 99.2 Å². The molecule has 3 rings (SSSR count). The maximum Gasteiger partial charge on any atom is 0.255 e. The second-order valence-corrected chi connectivity index (χ2v) is 8.25. The van der Waals surface area contributed by atoms with Crippen molar-refractivity contribution in [3.8, 4) is 33.6 Å². The Morgan fingerprint density at radius 1 is 0.912 bits per heavy atom. The van der Waals surface area contributed by atoms with Gasteiger partial charge >= 0.3 is 0 Å². The van der Waals surface area contributed by atoms with Crippen molar-refractivity contribution in [2.24, 2.45) is 0 Å². The van der Waals surface area contributed by atoms with Gasteiger partial charge in [0.2, 0.25) is 5.91 Å². The second-order valence-electron chi connectivity index (χ2n) is 7.39. The highest BCUT2D eigenvalue weighted by Crippen LogP contribution is 2.35. The molecule has 0 atom stereocenters. The van der Waals surface area contributed by atoms with Crippen LogP contribution in [-0.4, -0.2) is 64.2 Å². The molecule has 2 amide bonds. The van der Waals surface area contributed by atoms with Crippen molar-refractivity contribution in [3.05, 3.63) is 47.0 Å². The highest BCUT2D eigenvalue weighted by molar-refractivity contribution is 7.13. The molecule has 2 aromatic carbocycles. The van der Waals surface area contributed by atoms with Crippen molar-refractivity contribution >= 4 is 28.8 Å². The van der Waals surface area contributed by atoms with Gasteiger partial charge in [-0.15, -0.1) is 11.3 Å². The van der Waals surface area contributed by atoms with Crippen LogP contribution in [0.5, 0.6) is 23.0 Å². The van der Waals surface area contributed by atoms with Gasteiger partial charge in [0.25, 0.3) is 5.91 Å².